The number of nitrogens with one attached hydrogen (secondary N) is 1. The SMILES string of the molecule is COC(=O)Nc1ccc(-c2cn(COCC[Si](C)(C)C)c(C3CCc4cc(-c5cc(Cl)ccc5N)cnc43)n2)cc1. The maximum Gasteiger partial charge on any atom is 0.411 e. The fraction of sp³-hybridized carbons (Fsp3) is 0.323. The average Bonchev–Trinajstić information content (AvgIpc) is 3.56. The number of nitrogen functional groups attached to an aromatic ring is 1. The molecule has 1 aliphatic rings. The van der Waals surface area contributed by atoms with Gasteiger partial charge >= 0.3 is 6.09 Å². The van der Waals surface area contributed by atoms with E-state index in [0.29, 0.717) is 23.1 Å². The number of ether oxygens (including phenoxy) is 2. The topological polar surface area (TPSA) is 104 Å². The predicted molar refractivity (Wildman–Crippen MR) is 167 cm³/mol. The number of nitrogens with two attached hydrogens (primary N) is 1. The molecule has 10 heteroatoms. The molecule has 0 radical (unpaired) electrons. The highest BCUT2D eigenvalue weighted by atomic mass is 35.5. The summed E-state index contributed by atoms with van der Waals surface area (Å²) >= 11 is 6.25. The largest absolute Gasteiger partial charge is 0.453 e. The van der Waals surface area contributed by atoms with Crippen molar-refractivity contribution in [2.75, 3.05) is 24.8 Å². The minimum absolute atomic E-state index is 0.0466. The molecule has 41 heavy (non-hydrogen) atoms. The van der Waals surface area contributed by atoms with Crippen LogP contribution in [0.5, 0.6) is 0 Å². The van der Waals surface area contributed by atoms with E-state index in [0.717, 1.165) is 59.4 Å². The number of amides is 1. The molecule has 2 aromatic carbocycles. The van der Waals surface area contributed by atoms with E-state index in [1.54, 1.807) is 6.07 Å². The van der Waals surface area contributed by atoms with Crippen molar-refractivity contribution in [1.82, 2.24) is 14.5 Å². The molecular formula is C31H36ClN5O3Si. The van der Waals surface area contributed by atoms with Gasteiger partial charge in [0.05, 0.1) is 24.4 Å². The second-order valence-electron chi connectivity index (χ2n) is 11.6. The number of benzene rings is 2. The fourth-order valence-electron chi connectivity index (χ4n) is 5.03. The van der Waals surface area contributed by atoms with Crippen LogP contribution in [0.2, 0.25) is 30.7 Å². The molecule has 0 fully saturated rings. The van der Waals surface area contributed by atoms with Gasteiger partial charge in [-0.15, -0.1) is 0 Å². The number of rotatable bonds is 9. The molecule has 1 amide bonds. The normalized spacial score (nSPS) is 14.6. The molecule has 0 aliphatic heterocycles. The molecular weight excluding hydrogens is 554 g/mol. The van der Waals surface area contributed by atoms with Gasteiger partial charge in [-0.25, -0.2) is 9.78 Å². The third kappa shape index (κ3) is 6.81. The summed E-state index contributed by atoms with van der Waals surface area (Å²) < 4.78 is 13.0. The second kappa shape index (κ2) is 12.1. The summed E-state index contributed by atoms with van der Waals surface area (Å²) in [4.78, 5) is 21.6. The lowest BCUT2D eigenvalue weighted by molar-refractivity contribution is 0.0846. The van der Waals surface area contributed by atoms with E-state index in [-0.39, 0.29) is 5.92 Å². The number of methoxy groups -OCH3 is 1. The van der Waals surface area contributed by atoms with Gasteiger partial charge in [-0.3, -0.25) is 10.3 Å². The van der Waals surface area contributed by atoms with Crippen LogP contribution in [-0.2, 0) is 22.6 Å². The standard InChI is InChI=1S/C31H36ClN5O3Si/c1-39-31(38)35-24-9-5-20(6-10-24)28-18-37(19-40-13-14-41(2,3)4)30(36-28)25-11-7-21-15-22(17-34-29(21)25)26-16-23(32)8-12-27(26)33/h5-6,8-10,12,15-18,25H,7,11,13-14,19,33H2,1-4H3,(H,35,38). The van der Waals surface area contributed by atoms with Crippen LogP contribution in [0.15, 0.2) is 60.9 Å². The summed E-state index contributed by atoms with van der Waals surface area (Å²) in [6.07, 6.45) is 5.22. The highest BCUT2D eigenvalue weighted by Crippen LogP contribution is 2.40. The molecule has 1 unspecified atom stereocenters. The van der Waals surface area contributed by atoms with Gasteiger partial charge in [-0.2, -0.15) is 0 Å². The van der Waals surface area contributed by atoms with E-state index in [4.69, 9.17) is 32.0 Å². The Bertz CT molecular complexity index is 1550. The van der Waals surface area contributed by atoms with Crippen molar-refractivity contribution in [3.05, 3.63) is 83.0 Å². The zero-order valence-corrected chi connectivity index (χ0v) is 25.7. The van der Waals surface area contributed by atoms with Crippen LogP contribution < -0.4 is 11.1 Å². The zero-order chi connectivity index (χ0) is 29.1. The van der Waals surface area contributed by atoms with Gasteiger partial charge in [0.1, 0.15) is 12.6 Å². The molecule has 1 aliphatic carbocycles. The molecule has 1 atom stereocenters. The first-order valence-corrected chi connectivity index (χ1v) is 17.8. The predicted octanol–water partition coefficient (Wildman–Crippen LogP) is 7.42. The van der Waals surface area contributed by atoms with Gasteiger partial charge in [0.15, 0.2) is 0 Å². The Morgan fingerprint density at radius 2 is 1.93 bits per heavy atom. The van der Waals surface area contributed by atoms with Crippen LogP contribution in [0.1, 0.15) is 29.4 Å². The quantitative estimate of drug-likeness (QED) is 0.120. The average molecular weight is 590 g/mol. The number of fused-ring (bicyclic) bond motifs is 1. The molecule has 0 bridgehead atoms. The van der Waals surface area contributed by atoms with Crippen LogP contribution in [0.25, 0.3) is 22.4 Å². The highest BCUT2D eigenvalue weighted by Gasteiger charge is 2.30. The summed E-state index contributed by atoms with van der Waals surface area (Å²) in [6, 6.07) is 16.3. The Balaban J connectivity index is 1.44. The van der Waals surface area contributed by atoms with Crippen molar-refractivity contribution >= 4 is 37.1 Å². The molecule has 3 N–H and O–H groups in total. The molecule has 4 aromatic rings. The molecule has 2 heterocycles. The minimum atomic E-state index is -1.21. The smallest absolute Gasteiger partial charge is 0.411 e. The Labute approximate surface area is 246 Å². The first-order valence-electron chi connectivity index (χ1n) is 13.8. The van der Waals surface area contributed by atoms with Crippen LogP contribution >= 0.6 is 11.6 Å². The van der Waals surface area contributed by atoms with E-state index in [1.807, 2.05) is 48.8 Å². The van der Waals surface area contributed by atoms with Gasteiger partial charge in [-0.1, -0.05) is 43.4 Å². The number of anilines is 2. The summed E-state index contributed by atoms with van der Waals surface area (Å²) in [5.74, 6) is 0.983. The monoisotopic (exact) mass is 589 g/mol. The number of carbonyl (C=O) groups excluding carboxylic acids is 1. The van der Waals surface area contributed by atoms with Gasteiger partial charge < -0.3 is 19.8 Å². The molecule has 5 rings (SSSR count). The lowest BCUT2D eigenvalue weighted by Crippen LogP contribution is -2.22. The number of hydrogen-bond acceptors (Lipinski definition) is 6. The number of aryl methyl sites for hydroxylation is 1. The second-order valence-corrected chi connectivity index (χ2v) is 17.6. The number of aromatic nitrogens is 3. The summed E-state index contributed by atoms with van der Waals surface area (Å²) in [5.41, 5.74) is 13.4. The number of carbonyl (C=O) groups is 1. The van der Waals surface area contributed by atoms with E-state index in [2.05, 4.69) is 40.3 Å². The van der Waals surface area contributed by atoms with Crippen LogP contribution in [-0.4, -0.2) is 42.4 Å². The van der Waals surface area contributed by atoms with Crippen molar-refractivity contribution < 1.29 is 14.3 Å². The van der Waals surface area contributed by atoms with Crippen molar-refractivity contribution in [2.24, 2.45) is 0 Å². The van der Waals surface area contributed by atoms with Gasteiger partial charge in [0.25, 0.3) is 0 Å². The number of pyridine rings is 1. The number of imidazole rings is 1. The molecule has 8 nitrogen and oxygen atoms in total. The number of hydrogen-bond donors (Lipinski definition) is 2. The highest BCUT2D eigenvalue weighted by molar-refractivity contribution is 6.76. The number of halogens is 1. The first kappa shape index (κ1) is 28.9. The van der Waals surface area contributed by atoms with Crippen molar-refractivity contribution in [2.45, 2.75) is 51.2 Å². The van der Waals surface area contributed by atoms with Crippen LogP contribution in [0.3, 0.4) is 0 Å². The molecule has 0 spiro atoms. The van der Waals surface area contributed by atoms with Crippen molar-refractivity contribution in [3.63, 3.8) is 0 Å². The maximum atomic E-state index is 11.6. The fourth-order valence-corrected chi connectivity index (χ4v) is 5.96. The van der Waals surface area contributed by atoms with E-state index >= 15 is 0 Å². The summed E-state index contributed by atoms with van der Waals surface area (Å²) in [6.45, 7) is 8.20. The van der Waals surface area contributed by atoms with Gasteiger partial charge in [0, 0.05) is 60.2 Å². The lowest BCUT2D eigenvalue weighted by Gasteiger charge is -2.17. The van der Waals surface area contributed by atoms with Gasteiger partial charge in [0.2, 0.25) is 0 Å². The van der Waals surface area contributed by atoms with Gasteiger partial charge in [-0.05, 0) is 60.8 Å². The summed E-state index contributed by atoms with van der Waals surface area (Å²) in [5, 5.41) is 3.33. The molecule has 214 valence electrons. The van der Waals surface area contributed by atoms with E-state index in [9.17, 15) is 4.79 Å². The molecule has 0 saturated heterocycles. The zero-order valence-electron chi connectivity index (χ0n) is 23.9. The Morgan fingerprint density at radius 3 is 2.66 bits per heavy atom. The Kier molecular flexibility index (Phi) is 8.49. The minimum Gasteiger partial charge on any atom is -0.453 e. The van der Waals surface area contributed by atoms with Crippen LogP contribution in [0, 0.1) is 0 Å². The third-order valence-electron chi connectivity index (χ3n) is 7.32. The van der Waals surface area contributed by atoms with Crippen molar-refractivity contribution in [3.8, 4) is 22.4 Å². The lowest BCUT2D eigenvalue weighted by atomic mass is 10.0. The van der Waals surface area contributed by atoms with E-state index in [1.165, 1.54) is 12.7 Å². The third-order valence-corrected chi connectivity index (χ3v) is 9.26. The maximum absolute atomic E-state index is 11.6. The molecule has 2 aromatic heterocycles. The van der Waals surface area contributed by atoms with Crippen molar-refractivity contribution in [1.29, 1.82) is 0 Å². The Morgan fingerprint density at radius 1 is 1.15 bits per heavy atom. The number of nitrogens with zero attached hydrogens (tertiary/aromatic N) is 3. The summed E-state index contributed by atoms with van der Waals surface area (Å²) in [7, 11) is 0.134. The first-order chi connectivity index (χ1) is 19.6. The molecule has 0 saturated carbocycles. The Hall–Kier alpha value is -3.66. The van der Waals surface area contributed by atoms with Crippen LogP contribution in [0.4, 0.5) is 16.2 Å². The van der Waals surface area contributed by atoms with E-state index < -0.39 is 14.2 Å².